The Balaban J connectivity index is 2.03. The van der Waals surface area contributed by atoms with E-state index in [1.165, 1.54) is 9.75 Å². The Labute approximate surface area is 112 Å². The monoisotopic (exact) mass is 262 g/mol. The van der Waals surface area contributed by atoms with Crippen molar-refractivity contribution < 1.29 is 9.84 Å². The van der Waals surface area contributed by atoms with E-state index in [9.17, 15) is 5.11 Å². The molecule has 0 radical (unpaired) electrons. The highest BCUT2D eigenvalue weighted by Crippen LogP contribution is 2.25. The highest BCUT2D eigenvalue weighted by molar-refractivity contribution is 7.11. The second-order valence-electron chi connectivity index (χ2n) is 4.21. The van der Waals surface area contributed by atoms with Crippen molar-refractivity contribution in [3.8, 4) is 5.75 Å². The van der Waals surface area contributed by atoms with Crippen LogP contribution in [-0.2, 0) is 12.8 Å². The summed E-state index contributed by atoms with van der Waals surface area (Å²) in [5.74, 6) is 0.815. The summed E-state index contributed by atoms with van der Waals surface area (Å²) in [4.78, 5) is 2.60. The van der Waals surface area contributed by atoms with Gasteiger partial charge < -0.3 is 9.84 Å². The zero-order valence-electron chi connectivity index (χ0n) is 10.7. The summed E-state index contributed by atoms with van der Waals surface area (Å²) in [5, 5.41) is 10.2. The van der Waals surface area contributed by atoms with E-state index in [0.717, 1.165) is 17.7 Å². The molecular formula is C15H18O2S. The van der Waals surface area contributed by atoms with Gasteiger partial charge in [-0.15, -0.1) is 11.3 Å². The fourth-order valence-corrected chi connectivity index (χ4v) is 2.85. The van der Waals surface area contributed by atoms with Gasteiger partial charge >= 0.3 is 0 Å². The molecule has 0 saturated heterocycles. The van der Waals surface area contributed by atoms with Crippen molar-refractivity contribution in [2.24, 2.45) is 0 Å². The third-order valence-corrected chi connectivity index (χ3v) is 4.21. The molecule has 1 unspecified atom stereocenters. The Kier molecular flexibility index (Phi) is 4.39. The van der Waals surface area contributed by atoms with Gasteiger partial charge in [0.2, 0.25) is 0 Å². The molecule has 0 saturated carbocycles. The van der Waals surface area contributed by atoms with Crippen molar-refractivity contribution in [1.82, 2.24) is 0 Å². The predicted molar refractivity (Wildman–Crippen MR) is 75.4 cm³/mol. The number of ether oxygens (including phenoxy) is 1. The van der Waals surface area contributed by atoms with Gasteiger partial charge in [-0.2, -0.15) is 0 Å². The number of thiophene rings is 1. The lowest BCUT2D eigenvalue weighted by atomic mass is 10.1. The first-order chi connectivity index (χ1) is 8.72. The zero-order valence-corrected chi connectivity index (χ0v) is 11.5. The van der Waals surface area contributed by atoms with Crippen molar-refractivity contribution in [3.05, 3.63) is 51.7 Å². The molecule has 2 nitrogen and oxygen atoms in total. The van der Waals surface area contributed by atoms with Crippen LogP contribution < -0.4 is 4.74 Å². The summed E-state index contributed by atoms with van der Waals surface area (Å²) in [6, 6.07) is 11.8. The molecule has 96 valence electrons. The van der Waals surface area contributed by atoms with E-state index >= 15 is 0 Å². The molecule has 1 aromatic heterocycles. The minimum Gasteiger partial charge on any atom is -0.497 e. The van der Waals surface area contributed by atoms with E-state index in [1.54, 1.807) is 18.4 Å². The Morgan fingerprint density at radius 2 is 1.78 bits per heavy atom. The fraction of sp³-hybridized carbons (Fsp3) is 0.333. The zero-order chi connectivity index (χ0) is 13.0. The molecule has 1 heterocycles. The normalized spacial score (nSPS) is 12.4. The van der Waals surface area contributed by atoms with Crippen molar-refractivity contribution in [1.29, 1.82) is 0 Å². The van der Waals surface area contributed by atoms with Crippen molar-refractivity contribution in [3.63, 3.8) is 0 Å². The molecule has 0 aliphatic carbocycles. The van der Waals surface area contributed by atoms with Crippen LogP contribution in [0.1, 0.15) is 28.3 Å². The standard InChI is InChI=1S/C15H18O2S/c1-3-13-8-9-14(18-13)10-15(16)11-4-6-12(17-2)7-5-11/h4-9,15-16H,3,10H2,1-2H3. The number of aryl methyl sites for hydroxylation is 1. The molecule has 0 aliphatic rings. The number of hydrogen-bond acceptors (Lipinski definition) is 3. The van der Waals surface area contributed by atoms with E-state index < -0.39 is 6.10 Å². The van der Waals surface area contributed by atoms with Crippen LogP contribution >= 0.6 is 11.3 Å². The summed E-state index contributed by atoms with van der Waals surface area (Å²) >= 11 is 1.78. The first-order valence-corrected chi connectivity index (χ1v) is 6.94. The van der Waals surface area contributed by atoms with Crippen LogP contribution in [0, 0.1) is 0 Å². The highest BCUT2D eigenvalue weighted by Gasteiger charge is 2.10. The molecule has 18 heavy (non-hydrogen) atoms. The number of rotatable bonds is 5. The largest absolute Gasteiger partial charge is 0.497 e. The van der Waals surface area contributed by atoms with Crippen LogP contribution in [0.3, 0.4) is 0 Å². The minimum atomic E-state index is -0.445. The summed E-state index contributed by atoms with van der Waals surface area (Å²) < 4.78 is 5.11. The van der Waals surface area contributed by atoms with Crippen molar-refractivity contribution in [2.75, 3.05) is 7.11 Å². The summed E-state index contributed by atoms with van der Waals surface area (Å²) in [6.45, 7) is 2.15. The van der Waals surface area contributed by atoms with E-state index in [1.807, 2.05) is 24.3 Å². The number of methoxy groups -OCH3 is 1. The maximum Gasteiger partial charge on any atom is 0.118 e. The van der Waals surface area contributed by atoms with E-state index in [4.69, 9.17) is 4.74 Å². The van der Waals surface area contributed by atoms with E-state index in [2.05, 4.69) is 19.1 Å². The van der Waals surface area contributed by atoms with Gasteiger partial charge in [-0.25, -0.2) is 0 Å². The molecule has 2 aromatic rings. The van der Waals surface area contributed by atoms with Crippen LogP contribution in [0.4, 0.5) is 0 Å². The molecule has 0 fully saturated rings. The third kappa shape index (κ3) is 3.12. The Morgan fingerprint density at radius 1 is 1.11 bits per heavy atom. The van der Waals surface area contributed by atoms with Crippen molar-refractivity contribution in [2.45, 2.75) is 25.9 Å². The lowest BCUT2D eigenvalue weighted by Crippen LogP contribution is -2.00. The molecule has 2 rings (SSSR count). The van der Waals surface area contributed by atoms with Gasteiger partial charge in [0, 0.05) is 16.2 Å². The molecule has 1 N–H and O–H groups in total. The lowest BCUT2D eigenvalue weighted by Gasteiger charge is -2.10. The van der Waals surface area contributed by atoms with E-state index in [-0.39, 0.29) is 0 Å². The van der Waals surface area contributed by atoms with Gasteiger partial charge in [-0.05, 0) is 36.2 Å². The number of aliphatic hydroxyl groups excluding tert-OH is 1. The summed E-state index contributed by atoms with van der Waals surface area (Å²) in [6.07, 6.45) is 1.29. The average Bonchev–Trinajstić information content (AvgIpc) is 2.86. The Bertz CT molecular complexity index is 487. The maximum absolute atomic E-state index is 10.2. The summed E-state index contributed by atoms with van der Waals surface area (Å²) in [7, 11) is 1.64. The quantitative estimate of drug-likeness (QED) is 0.892. The van der Waals surface area contributed by atoms with Gasteiger partial charge in [0.1, 0.15) is 5.75 Å². The molecule has 3 heteroatoms. The molecule has 0 amide bonds. The first-order valence-electron chi connectivity index (χ1n) is 6.12. The SMILES string of the molecule is CCc1ccc(CC(O)c2ccc(OC)cc2)s1. The molecule has 1 aromatic carbocycles. The maximum atomic E-state index is 10.2. The predicted octanol–water partition coefficient (Wildman–Crippen LogP) is 3.60. The van der Waals surface area contributed by atoms with Gasteiger partial charge in [0.05, 0.1) is 13.2 Å². The first kappa shape index (κ1) is 13.1. The van der Waals surface area contributed by atoms with Crippen LogP contribution in [0.2, 0.25) is 0 Å². The third-order valence-electron chi connectivity index (χ3n) is 2.96. The van der Waals surface area contributed by atoms with Crippen LogP contribution in [0.15, 0.2) is 36.4 Å². The van der Waals surface area contributed by atoms with Crippen LogP contribution in [0.5, 0.6) is 5.75 Å². The van der Waals surface area contributed by atoms with Crippen molar-refractivity contribution >= 4 is 11.3 Å². The summed E-state index contributed by atoms with van der Waals surface area (Å²) in [5.41, 5.74) is 0.933. The van der Waals surface area contributed by atoms with Gasteiger partial charge in [-0.3, -0.25) is 0 Å². The molecule has 0 spiro atoms. The molecular weight excluding hydrogens is 244 g/mol. The molecule has 1 atom stereocenters. The van der Waals surface area contributed by atoms with Gasteiger partial charge in [-0.1, -0.05) is 19.1 Å². The second-order valence-corrected chi connectivity index (χ2v) is 5.47. The lowest BCUT2D eigenvalue weighted by molar-refractivity contribution is 0.179. The Hall–Kier alpha value is -1.32. The number of benzene rings is 1. The second kappa shape index (κ2) is 6.03. The smallest absolute Gasteiger partial charge is 0.118 e. The topological polar surface area (TPSA) is 29.5 Å². The number of aliphatic hydroxyl groups is 1. The minimum absolute atomic E-state index is 0.445. The van der Waals surface area contributed by atoms with Crippen LogP contribution in [-0.4, -0.2) is 12.2 Å². The Morgan fingerprint density at radius 3 is 2.33 bits per heavy atom. The molecule has 0 bridgehead atoms. The van der Waals surface area contributed by atoms with E-state index in [0.29, 0.717) is 6.42 Å². The van der Waals surface area contributed by atoms with Gasteiger partial charge in [0.25, 0.3) is 0 Å². The fourth-order valence-electron chi connectivity index (χ4n) is 1.86. The van der Waals surface area contributed by atoms with Gasteiger partial charge in [0.15, 0.2) is 0 Å². The number of hydrogen-bond donors (Lipinski definition) is 1. The average molecular weight is 262 g/mol. The highest BCUT2D eigenvalue weighted by atomic mass is 32.1. The van der Waals surface area contributed by atoms with Crippen LogP contribution in [0.25, 0.3) is 0 Å². The molecule has 0 aliphatic heterocycles.